The molecule has 0 fully saturated rings. The summed E-state index contributed by atoms with van der Waals surface area (Å²) in [6, 6.07) is 9.43. The van der Waals surface area contributed by atoms with Crippen LogP contribution in [0.25, 0.3) is 0 Å². The van der Waals surface area contributed by atoms with Crippen LogP contribution in [0.1, 0.15) is 20.8 Å². The van der Waals surface area contributed by atoms with Crippen molar-refractivity contribution in [1.82, 2.24) is 14.5 Å². The van der Waals surface area contributed by atoms with E-state index in [9.17, 15) is 13.2 Å². The molecule has 2 aromatic rings. The van der Waals surface area contributed by atoms with Gasteiger partial charge in [0.25, 0.3) is 5.91 Å². The third kappa shape index (κ3) is 4.52. The molecule has 2 heterocycles. The van der Waals surface area contributed by atoms with Gasteiger partial charge in [-0.1, -0.05) is 24.3 Å². The third-order valence-electron chi connectivity index (χ3n) is 4.58. The Morgan fingerprint density at radius 1 is 1.26 bits per heavy atom. The van der Waals surface area contributed by atoms with Crippen molar-refractivity contribution in [2.45, 2.75) is 17.9 Å². The number of hydrogen-bond donors (Lipinski definition) is 1. The highest BCUT2D eigenvalue weighted by Crippen LogP contribution is 2.30. The largest absolute Gasteiger partial charge is 0.340 e. The van der Waals surface area contributed by atoms with Crippen molar-refractivity contribution in [1.29, 1.82) is 0 Å². The Labute approximate surface area is 170 Å². The fraction of sp³-hybridized carbons (Fsp3) is 0.389. The molecule has 0 aliphatic carbocycles. The molecule has 0 saturated heterocycles. The van der Waals surface area contributed by atoms with Crippen LogP contribution in [0.2, 0.25) is 0 Å². The monoisotopic (exact) mass is 429 g/mol. The van der Waals surface area contributed by atoms with E-state index in [1.165, 1.54) is 21.2 Å². The number of fused-ring (bicyclic) bond motifs is 1. The van der Waals surface area contributed by atoms with Gasteiger partial charge in [-0.25, -0.2) is 8.42 Å². The standard InChI is InChI=1S/C18H23N3O3S2.ClH/c1-19-9-11-20(2)18(22)17-16(8-12-25-17)26(23,24)21-10-7-14-5-3-4-6-15(14)13-21;/h3-6,8,12,19H,7,9-11,13H2,1-2H3;1H. The van der Waals surface area contributed by atoms with Gasteiger partial charge in [-0.2, -0.15) is 4.31 Å². The van der Waals surface area contributed by atoms with Crippen molar-refractivity contribution in [3.8, 4) is 0 Å². The lowest BCUT2D eigenvalue weighted by Crippen LogP contribution is -2.37. The first-order valence-corrected chi connectivity index (χ1v) is 10.8. The van der Waals surface area contributed by atoms with Gasteiger partial charge in [0, 0.05) is 33.2 Å². The maximum absolute atomic E-state index is 13.2. The summed E-state index contributed by atoms with van der Waals surface area (Å²) in [5.41, 5.74) is 2.21. The lowest BCUT2D eigenvalue weighted by molar-refractivity contribution is 0.0798. The van der Waals surface area contributed by atoms with E-state index in [4.69, 9.17) is 0 Å². The second-order valence-electron chi connectivity index (χ2n) is 6.30. The molecule has 27 heavy (non-hydrogen) atoms. The number of hydrogen-bond acceptors (Lipinski definition) is 5. The summed E-state index contributed by atoms with van der Waals surface area (Å²) < 4.78 is 27.8. The first-order chi connectivity index (χ1) is 12.4. The highest BCUT2D eigenvalue weighted by Gasteiger charge is 2.33. The van der Waals surface area contributed by atoms with Crippen LogP contribution < -0.4 is 5.32 Å². The molecule has 1 aliphatic heterocycles. The predicted octanol–water partition coefficient (Wildman–Crippen LogP) is 2.21. The van der Waals surface area contributed by atoms with E-state index in [1.807, 2.05) is 31.3 Å². The number of nitrogens with zero attached hydrogens (tertiary/aromatic N) is 2. The Morgan fingerprint density at radius 3 is 2.67 bits per heavy atom. The number of halogens is 1. The molecule has 6 nitrogen and oxygen atoms in total. The number of carbonyl (C=O) groups excluding carboxylic acids is 1. The molecule has 148 valence electrons. The van der Waals surface area contributed by atoms with Crippen molar-refractivity contribution in [2.75, 3.05) is 33.7 Å². The number of amides is 1. The molecule has 0 unspecified atom stereocenters. The van der Waals surface area contributed by atoms with Crippen LogP contribution in [0, 0.1) is 0 Å². The highest BCUT2D eigenvalue weighted by molar-refractivity contribution is 7.89. The van der Waals surface area contributed by atoms with E-state index in [0.717, 1.165) is 5.56 Å². The lowest BCUT2D eigenvalue weighted by atomic mass is 10.0. The van der Waals surface area contributed by atoms with E-state index >= 15 is 0 Å². The van der Waals surface area contributed by atoms with Crippen LogP contribution in [0.15, 0.2) is 40.6 Å². The summed E-state index contributed by atoms with van der Waals surface area (Å²) in [6.07, 6.45) is 0.685. The van der Waals surface area contributed by atoms with Crippen LogP contribution in [0.3, 0.4) is 0 Å². The normalized spacial score (nSPS) is 14.3. The topological polar surface area (TPSA) is 69.7 Å². The summed E-state index contributed by atoms with van der Waals surface area (Å²) in [5.74, 6) is -0.258. The fourth-order valence-corrected chi connectivity index (χ4v) is 5.83. The van der Waals surface area contributed by atoms with Crippen LogP contribution in [-0.2, 0) is 23.0 Å². The number of likely N-dealkylation sites (N-methyl/N-ethyl adjacent to an activating group) is 2. The van der Waals surface area contributed by atoms with Crippen LogP contribution in [0.5, 0.6) is 0 Å². The maximum atomic E-state index is 13.2. The van der Waals surface area contributed by atoms with E-state index in [0.29, 0.717) is 32.6 Å². The van der Waals surface area contributed by atoms with Gasteiger partial charge in [-0.3, -0.25) is 4.79 Å². The predicted molar refractivity (Wildman–Crippen MR) is 110 cm³/mol. The number of thiophene rings is 1. The van der Waals surface area contributed by atoms with Gasteiger partial charge >= 0.3 is 0 Å². The number of carbonyl (C=O) groups is 1. The number of nitrogens with one attached hydrogen (secondary N) is 1. The highest BCUT2D eigenvalue weighted by atomic mass is 35.5. The molecule has 9 heteroatoms. The number of rotatable bonds is 6. The Balaban J connectivity index is 0.00000261. The first kappa shape index (κ1) is 21.8. The summed E-state index contributed by atoms with van der Waals surface area (Å²) >= 11 is 1.18. The molecule has 0 spiro atoms. The van der Waals surface area contributed by atoms with Crippen LogP contribution >= 0.6 is 23.7 Å². The van der Waals surface area contributed by atoms with Gasteiger partial charge in [0.1, 0.15) is 9.77 Å². The molecule has 0 saturated carbocycles. The fourth-order valence-electron chi connectivity index (χ4n) is 3.03. The maximum Gasteiger partial charge on any atom is 0.265 e. The van der Waals surface area contributed by atoms with Crippen LogP contribution in [-0.4, -0.2) is 57.3 Å². The molecule has 1 amide bonds. The summed E-state index contributed by atoms with van der Waals surface area (Å²) in [4.78, 5) is 14.6. The number of benzene rings is 1. The summed E-state index contributed by atoms with van der Waals surface area (Å²) in [7, 11) is -0.210. The Kier molecular flexibility index (Phi) is 7.41. The minimum absolute atomic E-state index is 0. The third-order valence-corrected chi connectivity index (χ3v) is 7.50. The molecule has 1 aliphatic rings. The Bertz CT molecular complexity index is 899. The van der Waals surface area contributed by atoms with Crippen molar-refractivity contribution in [3.63, 3.8) is 0 Å². The molecule has 1 N–H and O–H groups in total. The van der Waals surface area contributed by atoms with Gasteiger partial charge in [-0.15, -0.1) is 23.7 Å². The van der Waals surface area contributed by atoms with E-state index in [1.54, 1.807) is 23.4 Å². The Hall–Kier alpha value is -1.45. The van der Waals surface area contributed by atoms with E-state index in [2.05, 4.69) is 5.32 Å². The molecule has 1 aromatic heterocycles. The smallest absolute Gasteiger partial charge is 0.265 e. The van der Waals surface area contributed by atoms with Gasteiger partial charge in [-0.05, 0) is 36.0 Å². The van der Waals surface area contributed by atoms with Gasteiger partial charge in [0.2, 0.25) is 10.0 Å². The molecule has 3 rings (SSSR count). The summed E-state index contributed by atoms with van der Waals surface area (Å²) in [5, 5.41) is 4.66. The lowest BCUT2D eigenvalue weighted by Gasteiger charge is -2.28. The minimum Gasteiger partial charge on any atom is -0.340 e. The second-order valence-corrected chi connectivity index (χ2v) is 9.12. The zero-order chi connectivity index (χ0) is 18.7. The van der Waals surface area contributed by atoms with Crippen LogP contribution in [0.4, 0.5) is 0 Å². The molecule has 0 bridgehead atoms. The van der Waals surface area contributed by atoms with Crippen molar-refractivity contribution < 1.29 is 13.2 Å². The molecular formula is C18H24ClN3O3S2. The molecule has 0 radical (unpaired) electrons. The van der Waals surface area contributed by atoms with Gasteiger partial charge in [0.15, 0.2) is 0 Å². The van der Waals surface area contributed by atoms with E-state index < -0.39 is 10.0 Å². The molecular weight excluding hydrogens is 406 g/mol. The summed E-state index contributed by atoms with van der Waals surface area (Å²) in [6.45, 7) is 1.94. The second kappa shape index (κ2) is 9.16. The SMILES string of the molecule is CNCCN(C)C(=O)c1sccc1S(=O)(=O)N1CCc2ccccc2C1.Cl. The minimum atomic E-state index is -3.71. The van der Waals surface area contributed by atoms with Gasteiger partial charge < -0.3 is 10.2 Å². The van der Waals surface area contributed by atoms with E-state index in [-0.39, 0.29) is 28.1 Å². The average Bonchev–Trinajstić information content (AvgIpc) is 3.15. The van der Waals surface area contributed by atoms with Crippen molar-refractivity contribution in [3.05, 3.63) is 51.7 Å². The first-order valence-electron chi connectivity index (χ1n) is 8.49. The molecule has 0 atom stereocenters. The van der Waals surface area contributed by atoms with Crippen molar-refractivity contribution >= 4 is 39.7 Å². The van der Waals surface area contributed by atoms with Crippen molar-refractivity contribution in [2.24, 2.45) is 0 Å². The zero-order valence-corrected chi connectivity index (χ0v) is 17.8. The average molecular weight is 430 g/mol. The zero-order valence-electron chi connectivity index (χ0n) is 15.3. The Morgan fingerprint density at radius 2 is 1.96 bits per heavy atom. The quantitative estimate of drug-likeness (QED) is 0.764. The van der Waals surface area contributed by atoms with Gasteiger partial charge in [0.05, 0.1) is 0 Å². The molecule has 1 aromatic carbocycles. The number of sulfonamides is 1.